The third-order valence-electron chi connectivity index (χ3n) is 6.72. The lowest BCUT2D eigenvalue weighted by molar-refractivity contribution is -0.141. The number of rotatable bonds is 15. The summed E-state index contributed by atoms with van der Waals surface area (Å²) in [6.07, 6.45) is 2.09. The molecule has 0 spiro atoms. The highest BCUT2D eigenvalue weighted by atomic mass is 32.2. The third-order valence-corrected chi connectivity index (χ3v) is 8.07. The Bertz CT molecular complexity index is 713. The van der Waals surface area contributed by atoms with Crippen molar-refractivity contribution in [1.82, 2.24) is 20.0 Å². The SMILES string of the molecule is CN1CCN(CCOCCOCCSC(C)(C)C(NC(=O)C(C)(C)F)C(=O)N2CCC[C@H]2C=O)CC1. The van der Waals surface area contributed by atoms with Crippen LogP contribution in [0.3, 0.4) is 0 Å². The summed E-state index contributed by atoms with van der Waals surface area (Å²) in [5, 5.41) is 2.61. The van der Waals surface area contributed by atoms with Crippen molar-refractivity contribution in [2.24, 2.45) is 0 Å². The fourth-order valence-corrected chi connectivity index (χ4v) is 5.30. The van der Waals surface area contributed by atoms with Crippen LogP contribution >= 0.6 is 11.8 Å². The fourth-order valence-electron chi connectivity index (χ4n) is 4.24. The Morgan fingerprint density at radius 3 is 2.31 bits per heavy atom. The first-order chi connectivity index (χ1) is 17.0. The van der Waals surface area contributed by atoms with Crippen LogP contribution in [-0.2, 0) is 23.9 Å². The predicted octanol–water partition coefficient (Wildman–Crippen LogP) is 1.20. The number of hydrogen-bond acceptors (Lipinski definition) is 8. The van der Waals surface area contributed by atoms with Gasteiger partial charge in [0.15, 0.2) is 5.67 Å². The maximum absolute atomic E-state index is 14.3. The van der Waals surface area contributed by atoms with E-state index in [0.717, 1.165) is 59.3 Å². The summed E-state index contributed by atoms with van der Waals surface area (Å²) in [4.78, 5) is 43.4. The number of alkyl halides is 1. The van der Waals surface area contributed by atoms with Crippen molar-refractivity contribution in [3.8, 4) is 0 Å². The number of likely N-dealkylation sites (N-methyl/N-ethyl adjacent to an activating group) is 1. The van der Waals surface area contributed by atoms with Gasteiger partial charge >= 0.3 is 0 Å². The summed E-state index contributed by atoms with van der Waals surface area (Å²) in [6, 6.07) is -1.47. The Balaban J connectivity index is 1.75. The number of nitrogens with one attached hydrogen (secondary N) is 1. The Morgan fingerprint density at radius 1 is 1.06 bits per heavy atom. The Kier molecular flexibility index (Phi) is 12.6. The fraction of sp³-hybridized carbons (Fsp3) is 0.880. The molecular formula is C25H45FN4O5S. The molecule has 0 aromatic rings. The van der Waals surface area contributed by atoms with Gasteiger partial charge in [-0.3, -0.25) is 14.5 Å². The smallest absolute Gasteiger partial charge is 0.257 e. The van der Waals surface area contributed by atoms with Crippen LogP contribution in [0.2, 0.25) is 0 Å². The van der Waals surface area contributed by atoms with Gasteiger partial charge < -0.3 is 29.4 Å². The number of piperazine rings is 1. The first-order valence-corrected chi connectivity index (χ1v) is 13.9. The lowest BCUT2D eigenvalue weighted by atomic mass is 9.99. The molecule has 0 bridgehead atoms. The number of thioether (sulfide) groups is 1. The second kappa shape index (κ2) is 14.6. The van der Waals surface area contributed by atoms with E-state index in [1.165, 1.54) is 16.7 Å². The first kappa shape index (κ1) is 31.0. The molecule has 2 heterocycles. The molecule has 2 amide bonds. The van der Waals surface area contributed by atoms with Crippen LogP contribution in [0.15, 0.2) is 0 Å². The molecule has 1 N–H and O–H groups in total. The number of likely N-dealkylation sites (tertiary alicyclic amines) is 1. The molecule has 2 fully saturated rings. The molecular weight excluding hydrogens is 487 g/mol. The summed E-state index contributed by atoms with van der Waals surface area (Å²) >= 11 is 1.47. The molecule has 0 saturated carbocycles. The number of amides is 2. The average molecular weight is 533 g/mol. The van der Waals surface area contributed by atoms with Crippen LogP contribution in [0.25, 0.3) is 0 Å². The molecule has 1 unspecified atom stereocenters. The van der Waals surface area contributed by atoms with Gasteiger partial charge in [-0.05, 0) is 47.6 Å². The van der Waals surface area contributed by atoms with E-state index in [4.69, 9.17) is 9.47 Å². The molecule has 0 aromatic carbocycles. The summed E-state index contributed by atoms with van der Waals surface area (Å²) < 4.78 is 24.9. The van der Waals surface area contributed by atoms with E-state index in [0.29, 0.717) is 45.1 Å². The first-order valence-electron chi connectivity index (χ1n) is 12.9. The van der Waals surface area contributed by atoms with Crippen molar-refractivity contribution >= 4 is 29.9 Å². The van der Waals surface area contributed by atoms with E-state index in [-0.39, 0.29) is 5.91 Å². The standard InChI is InChI=1S/C25H45FN4O5S/c1-24(2,26)23(33)27-21(22(32)30-8-6-7-20(30)19-31)25(3,4)36-18-17-35-16-15-34-14-13-29-11-9-28(5)10-12-29/h19-21H,6-18H2,1-5H3,(H,27,33)/t20-,21?/m0/s1. The minimum Gasteiger partial charge on any atom is -0.378 e. The Hall–Kier alpha value is -1.27. The van der Waals surface area contributed by atoms with E-state index in [9.17, 15) is 18.8 Å². The molecule has 0 aromatic heterocycles. The van der Waals surface area contributed by atoms with Gasteiger partial charge in [-0.25, -0.2) is 4.39 Å². The second-order valence-corrected chi connectivity index (χ2v) is 12.3. The van der Waals surface area contributed by atoms with Crippen LogP contribution in [-0.4, -0.2) is 134 Å². The summed E-state index contributed by atoms with van der Waals surface area (Å²) in [7, 11) is 2.14. The highest BCUT2D eigenvalue weighted by Crippen LogP contribution is 2.31. The number of aldehydes is 1. The summed E-state index contributed by atoms with van der Waals surface area (Å²) in [5.74, 6) is -0.611. The molecule has 0 aliphatic carbocycles. The predicted molar refractivity (Wildman–Crippen MR) is 140 cm³/mol. The van der Waals surface area contributed by atoms with Crippen molar-refractivity contribution in [2.45, 2.75) is 63.0 Å². The van der Waals surface area contributed by atoms with E-state index in [1.807, 2.05) is 13.8 Å². The normalized spacial score (nSPS) is 20.9. The van der Waals surface area contributed by atoms with Crippen molar-refractivity contribution < 1.29 is 28.2 Å². The van der Waals surface area contributed by atoms with Crippen LogP contribution < -0.4 is 5.32 Å². The maximum atomic E-state index is 14.3. The highest BCUT2D eigenvalue weighted by Gasteiger charge is 2.44. The Labute approximate surface area is 219 Å². The molecule has 2 aliphatic rings. The average Bonchev–Trinajstić information content (AvgIpc) is 3.30. The number of nitrogens with zero attached hydrogens (tertiary/aromatic N) is 3. The summed E-state index contributed by atoms with van der Waals surface area (Å²) in [6.45, 7) is 13.9. The van der Waals surface area contributed by atoms with E-state index >= 15 is 0 Å². The Morgan fingerprint density at radius 2 is 1.69 bits per heavy atom. The molecule has 2 rings (SSSR count). The monoisotopic (exact) mass is 532 g/mol. The minimum absolute atomic E-state index is 0.352. The van der Waals surface area contributed by atoms with Gasteiger partial charge in [-0.2, -0.15) is 11.8 Å². The second-order valence-electron chi connectivity index (χ2n) is 10.6. The van der Waals surface area contributed by atoms with Crippen LogP contribution in [0.5, 0.6) is 0 Å². The van der Waals surface area contributed by atoms with Gasteiger partial charge in [0.2, 0.25) is 5.91 Å². The zero-order chi connectivity index (χ0) is 26.8. The van der Waals surface area contributed by atoms with Crippen molar-refractivity contribution in [1.29, 1.82) is 0 Å². The van der Waals surface area contributed by atoms with Crippen LogP contribution in [0, 0.1) is 0 Å². The molecule has 0 radical (unpaired) electrons. The zero-order valence-electron chi connectivity index (χ0n) is 22.6. The van der Waals surface area contributed by atoms with Gasteiger partial charge in [0, 0.05) is 49.8 Å². The van der Waals surface area contributed by atoms with Gasteiger partial charge in [-0.1, -0.05) is 0 Å². The van der Waals surface area contributed by atoms with Gasteiger partial charge in [-0.15, -0.1) is 0 Å². The molecule has 9 nitrogen and oxygen atoms in total. The lowest BCUT2D eigenvalue weighted by Crippen LogP contribution is -2.60. The minimum atomic E-state index is -2.12. The number of halogens is 1. The van der Waals surface area contributed by atoms with Crippen molar-refractivity contribution in [3.05, 3.63) is 0 Å². The molecule has 2 atom stereocenters. The largest absolute Gasteiger partial charge is 0.378 e. The van der Waals surface area contributed by atoms with Crippen molar-refractivity contribution in [3.63, 3.8) is 0 Å². The number of carbonyl (C=O) groups excluding carboxylic acids is 3. The van der Waals surface area contributed by atoms with Gasteiger partial charge in [0.25, 0.3) is 5.91 Å². The number of ether oxygens (including phenoxy) is 2. The van der Waals surface area contributed by atoms with Gasteiger partial charge in [0.1, 0.15) is 12.3 Å². The van der Waals surface area contributed by atoms with Crippen molar-refractivity contribution in [2.75, 3.05) is 78.5 Å². The van der Waals surface area contributed by atoms with E-state index in [2.05, 4.69) is 22.2 Å². The van der Waals surface area contributed by atoms with Crippen LogP contribution in [0.1, 0.15) is 40.5 Å². The molecule has 11 heteroatoms. The lowest BCUT2D eigenvalue weighted by Gasteiger charge is -2.37. The topological polar surface area (TPSA) is 91.4 Å². The summed E-state index contributed by atoms with van der Waals surface area (Å²) in [5.41, 5.74) is -2.12. The highest BCUT2D eigenvalue weighted by molar-refractivity contribution is 8.00. The molecule has 36 heavy (non-hydrogen) atoms. The van der Waals surface area contributed by atoms with Crippen LogP contribution in [0.4, 0.5) is 4.39 Å². The van der Waals surface area contributed by atoms with Gasteiger partial charge in [0.05, 0.1) is 32.5 Å². The van der Waals surface area contributed by atoms with E-state index < -0.39 is 28.4 Å². The van der Waals surface area contributed by atoms with E-state index in [1.54, 1.807) is 0 Å². The quantitative estimate of drug-likeness (QED) is 0.249. The molecule has 208 valence electrons. The maximum Gasteiger partial charge on any atom is 0.257 e. The zero-order valence-corrected chi connectivity index (χ0v) is 23.4. The number of hydrogen-bond donors (Lipinski definition) is 1. The molecule has 2 aliphatic heterocycles. The third kappa shape index (κ3) is 9.89. The molecule has 2 saturated heterocycles. The number of carbonyl (C=O) groups is 3.